The van der Waals surface area contributed by atoms with Crippen molar-refractivity contribution in [2.45, 2.75) is 51.5 Å². The van der Waals surface area contributed by atoms with Crippen molar-refractivity contribution in [3.8, 4) is 0 Å². The van der Waals surface area contributed by atoms with Gasteiger partial charge in [-0.25, -0.2) is 4.98 Å². The third-order valence-electron chi connectivity index (χ3n) is 7.53. The second-order valence-electron chi connectivity index (χ2n) is 10.1. The van der Waals surface area contributed by atoms with Crippen molar-refractivity contribution in [1.29, 1.82) is 0 Å². The highest BCUT2D eigenvalue weighted by atomic mass is 15.2. The summed E-state index contributed by atoms with van der Waals surface area (Å²) < 4.78 is 2.28. The summed E-state index contributed by atoms with van der Waals surface area (Å²) in [6.07, 6.45) is 9.24. The number of imidazole rings is 1. The predicted molar refractivity (Wildman–Crippen MR) is 151 cm³/mol. The molecule has 6 rings (SSSR count). The van der Waals surface area contributed by atoms with Crippen molar-refractivity contribution in [3.63, 3.8) is 0 Å². The predicted octanol–water partition coefficient (Wildman–Crippen LogP) is 5.70. The van der Waals surface area contributed by atoms with E-state index >= 15 is 0 Å². The van der Waals surface area contributed by atoms with Crippen molar-refractivity contribution in [3.05, 3.63) is 126 Å². The monoisotopic (exact) mass is 502 g/mol. The summed E-state index contributed by atoms with van der Waals surface area (Å²) in [5.74, 6) is 0. The topological polar surface area (TPSA) is 58.9 Å². The maximum atomic E-state index is 4.86. The van der Waals surface area contributed by atoms with Crippen LogP contribution >= 0.6 is 0 Å². The zero-order valence-electron chi connectivity index (χ0n) is 21.7. The standard InChI is InChI=1S/C32H34N6/c1-2-11-30-29(10-1)36-24-38(30)20-19-37(31-12-5-7-27-8-6-18-35-32(27)31)23-26-15-13-25(14-16-26)21-33-22-28-9-3-4-17-34-28/h1-4,6,8-11,13-18,24,31,33H,5,7,12,19-23H2. The second kappa shape index (κ2) is 11.7. The average molecular weight is 503 g/mol. The summed E-state index contributed by atoms with van der Waals surface area (Å²) in [5, 5.41) is 3.50. The van der Waals surface area contributed by atoms with Gasteiger partial charge < -0.3 is 9.88 Å². The number of nitrogens with zero attached hydrogens (tertiary/aromatic N) is 5. The van der Waals surface area contributed by atoms with E-state index in [9.17, 15) is 0 Å². The van der Waals surface area contributed by atoms with Gasteiger partial charge in [-0.3, -0.25) is 14.9 Å². The molecule has 1 atom stereocenters. The number of aryl methyl sites for hydroxylation is 1. The van der Waals surface area contributed by atoms with Gasteiger partial charge in [0, 0.05) is 45.1 Å². The summed E-state index contributed by atoms with van der Waals surface area (Å²) in [6.45, 7) is 4.33. The Balaban J connectivity index is 1.17. The smallest absolute Gasteiger partial charge is 0.0958 e. The lowest BCUT2D eigenvalue weighted by atomic mass is 9.90. The Morgan fingerprint density at radius 2 is 1.66 bits per heavy atom. The average Bonchev–Trinajstić information content (AvgIpc) is 3.39. The van der Waals surface area contributed by atoms with E-state index in [0.29, 0.717) is 6.04 Å². The quantitative estimate of drug-likeness (QED) is 0.266. The molecule has 1 N–H and O–H groups in total. The molecule has 1 aliphatic carbocycles. The Morgan fingerprint density at radius 3 is 2.55 bits per heavy atom. The minimum Gasteiger partial charge on any atom is -0.329 e. The number of pyridine rings is 2. The summed E-state index contributed by atoms with van der Waals surface area (Å²) in [6, 6.07) is 28.1. The molecule has 0 radical (unpaired) electrons. The van der Waals surface area contributed by atoms with Crippen LogP contribution in [0, 0.1) is 0 Å². The molecule has 6 heteroatoms. The molecule has 2 aromatic carbocycles. The number of benzene rings is 2. The van der Waals surface area contributed by atoms with Crippen molar-refractivity contribution >= 4 is 11.0 Å². The number of fused-ring (bicyclic) bond motifs is 2. The number of aromatic nitrogens is 4. The number of para-hydroxylation sites is 2. The first-order chi connectivity index (χ1) is 18.8. The zero-order chi connectivity index (χ0) is 25.6. The lowest BCUT2D eigenvalue weighted by Crippen LogP contribution is -2.34. The van der Waals surface area contributed by atoms with Gasteiger partial charge in [-0.2, -0.15) is 0 Å². The molecule has 0 saturated heterocycles. The first-order valence-corrected chi connectivity index (χ1v) is 13.6. The highest BCUT2D eigenvalue weighted by Gasteiger charge is 2.27. The summed E-state index contributed by atoms with van der Waals surface area (Å²) in [4.78, 5) is 16.5. The Bertz CT molecular complexity index is 1460. The molecule has 1 unspecified atom stereocenters. The van der Waals surface area contributed by atoms with Gasteiger partial charge in [-0.05, 0) is 66.3 Å². The molecule has 1 aliphatic rings. The van der Waals surface area contributed by atoms with Crippen LogP contribution in [0.2, 0.25) is 0 Å². The van der Waals surface area contributed by atoms with Crippen LogP contribution in [0.25, 0.3) is 11.0 Å². The summed E-state index contributed by atoms with van der Waals surface area (Å²) in [5.41, 5.74) is 8.57. The minimum atomic E-state index is 0.328. The van der Waals surface area contributed by atoms with E-state index in [-0.39, 0.29) is 0 Å². The zero-order valence-corrected chi connectivity index (χ0v) is 21.7. The molecule has 192 valence electrons. The summed E-state index contributed by atoms with van der Waals surface area (Å²) >= 11 is 0. The van der Waals surface area contributed by atoms with Crippen molar-refractivity contribution < 1.29 is 0 Å². The molecule has 0 bridgehead atoms. The van der Waals surface area contributed by atoms with Gasteiger partial charge in [0.25, 0.3) is 0 Å². The van der Waals surface area contributed by atoms with Gasteiger partial charge in [0.15, 0.2) is 0 Å². The molecule has 0 fully saturated rings. The SMILES string of the molecule is c1ccc(CNCc2ccc(CN(CCn3cnc4ccccc43)C3CCCc4cccnc43)cc2)nc1. The minimum absolute atomic E-state index is 0.328. The number of nitrogens with one attached hydrogen (secondary N) is 1. The molecule has 0 amide bonds. The van der Waals surface area contributed by atoms with Crippen LogP contribution in [0.5, 0.6) is 0 Å². The Hall–Kier alpha value is -3.87. The van der Waals surface area contributed by atoms with Crippen LogP contribution < -0.4 is 5.32 Å². The molecule has 6 nitrogen and oxygen atoms in total. The number of hydrogen-bond donors (Lipinski definition) is 1. The normalized spacial score (nSPS) is 15.1. The third-order valence-corrected chi connectivity index (χ3v) is 7.53. The van der Waals surface area contributed by atoms with Crippen LogP contribution in [0.4, 0.5) is 0 Å². The first kappa shape index (κ1) is 24.5. The molecule has 3 heterocycles. The van der Waals surface area contributed by atoms with Crippen LogP contribution in [-0.2, 0) is 32.6 Å². The van der Waals surface area contributed by atoms with Gasteiger partial charge in [0.1, 0.15) is 0 Å². The Morgan fingerprint density at radius 1 is 0.816 bits per heavy atom. The molecule has 38 heavy (non-hydrogen) atoms. The molecule has 0 spiro atoms. The highest BCUT2D eigenvalue weighted by Crippen LogP contribution is 2.34. The van der Waals surface area contributed by atoms with E-state index < -0.39 is 0 Å². The fourth-order valence-corrected chi connectivity index (χ4v) is 5.54. The van der Waals surface area contributed by atoms with Crippen molar-refractivity contribution in [2.24, 2.45) is 0 Å². The molecular formula is C32H34N6. The second-order valence-corrected chi connectivity index (χ2v) is 10.1. The van der Waals surface area contributed by atoms with E-state index in [0.717, 1.165) is 56.8 Å². The largest absolute Gasteiger partial charge is 0.329 e. The van der Waals surface area contributed by atoms with E-state index in [2.05, 4.69) is 85.4 Å². The van der Waals surface area contributed by atoms with E-state index in [1.807, 2.05) is 36.9 Å². The number of hydrogen-bond acceptors (Lipinski definition) is 5. The lowest BCUT2D eigenvalue weighted by Gasteiger charge is -2.35. The third kappa shape index (κ3) is 5.67. The van der Waals surface area contributed by atoms with Crippen LogP contribution in [0.15, 0.2) is 97.6 Å². The lowest BCUT2D eigenvalue weighted by molar-refractivity contribution is 0.160. The van der Waals surface area contributed by atoms with Crippen LogP contribution in [0.3, 0.4) is 0 Å². The maximum absolute atomic E-state index is 4.86. The fraction of sp³-hybridized carbons (Fsp3) is 0.281. The Kier molecular flexibility index (Phi) is 7.52. The molecular weight excluding hydrogens is 468 g/mol. The van der Waals surface area contributed by atoms with Gasteiger partial charge >= 0.3 is 0 Å². The van der Waals surface area contributed by atoms with Gasteiger partial charge in [0.2, 0.25) is 0 Å². The maximum Gasteiger partial charge on any atom is 0.0958 e. The summed E-state index contributed by atoms with van der Waals surface area (Å²) in [7, 11) is 0. The van der Waals surface area contributed by atoms with Crippen LogP contribution in [-0.4, -0.2) is 31.0 Å². The van der Waals surface area contributed by atoms with E-state index in [1.165, 1.54) is 34.3 Å². The highest BCUT2D eigenvalue weighted by molar-refractivity contribution is 5.74. The van der Waals surface area contributed by atoms with E-state index in [1.54, 1.807) is 0 Å². The fourth-order valence-electron chi connectivity index (χ4n) is 5.54. The first-order valence-electron chi connectivity index (χ1n) is 13.6. The molecule has 0 aliphatic heterocycles. The van der Waals surface area contributed by atoms with Crippen molar-refractivity contribution in [2.75, 3.05) is 6.54 Å². The molecule has 5 aromatic rings. The Labute approximate surface area is 224 Å². The van der Waals surface area contributed by atoms with E-state index in [4.69, 9.17) is 4.98 Å². The molecule has 3 aromatic heterocycles. The molecule has 0 saturated carbocycles. The van der Waals surface area contributed by atoms with Gasteiger partial charge in [-0.15, -0.1) is 0 Å². The number of rotatable bonds is 10. The van der Waals surface area contributed by atoms with Gasteiger partial charge in [-0.1, -0.05) is 48.5 Å². The van der Waals surface area contributed by atoms with Gasteiger partial charge in [0.05, 0.1) is 34.8 Å². The van der Waals surface area contributed by atoms with Crippen molar-refractivity contribution in [1.82, 2.24) is 29.7 Å². The van der Waals surface area contributed by atoms with Crippen LogP contribution in [0.1, 0.15) is 47.0 Å².